The zero-order chi connectivity index (χ0) is 11.7. The molecular formula is C12H18N4O. The molecule has 2 aliphatic rings. The number of ether oxygens (including phenoxy) is 1. The highest BCUT2D eigenvalue weighted by atomic mass is 16.5. The third kappa shape index (κ3) is 2.34. The fourth-order valence-electron chi connectivity index (χ4n) is 2.07. The van der Waals surface area contributed by atoms with E-state index in [1.807, 2.05) is 7.05 Å². The molecule has 5 heteroatoms. The van der Waals surface area contributed by atoms with Crippen LogP contribution in [-0.2, 0) is 4.74 Å². The molecule has 1 N–H and O–H groups in total. The van der Waals surface area contributed by atoms with Crippen molar-refractivity contribution in [2.24, 2.45) is 0 Å². The summed E-state index contributed by atoms with van der Waals surface area (Å²) in [5.41, 5.74) is 1.19. The average molecular weight is 234 g/mol. The van der Waals surface area contributed by atoms with E-state index in [2.05, 4.69) is 26.3 Å². The van der Waals surface area contributed by atoms with Gasteiger partial charge in [-0.05, 0) is 12.8 Å². The van der Waals surface area contributed by atoms with Crippen LogP contribution in [0.5, 0.6) is 0 Å². The molecule has 5 nitrogen and oxygen atoms in total. The van der Waals surface area contributed by atoms with E-state index in [1.165, 1.54) is 18.5 Å². The molecule has 1 saturated carbocycles. The molecular weight excluding hydrogens is 216 g/mol. The molecule has 0 amide bonds. The molecule has 1 saturated heterocycles. The van der Waals surface area contributed by atoms with E-state index in [1.54, 1.807) is 0 Å². The van der Waals surface area contributed by atoms with E-state index in [-0.39, 0.29) is 0 Å². The van der Waals surface area contributed by atoms with E-state index in [4.69, 9.17) is 4.74 Å². The van der Waals surface area contributed by atoms with Crippen LogP contribution >= 0.6 is 0 Å². The number of nitrogens with one attached hydrogen (secondary N) is 1. The topological polar surface area (TPSA) is 50.3 Å². The zero-order valence-electron chi connectivity index (χ0n) is 10.1. The maximum Gasteiger partial charge on any atom is 0.227 e. The first-order chi connectivity index (χ1) is 8.36. The molecule has 17 heavy (non-hydrogen) atoms. The van der Waals surface area contributed by atoms with Gasteiger partial charge >= 0.3 is 0 Å². The van der Waals surface area contributed by atoms with E-state index in [9.17, 15) is 0 Å². The first kappa shape index (κ1) is 10.8. The van der Waals surface area contributed by atoms with Gasteiger partial charge in [0, 0.05) is 32.1 Å². The van der Waals surface area contributed by atoms with Crippen LogP contribution in [0.2, 0.25) is 0 Å². The molecule has 2 heterocycles. The van der Waals surface area contributed by atoms with Gasteiger partial charge in [-0.1, -0.05) is 0 Å². The number of nitrogens with zero attached hydrogens (tertiary/aromatic N) is 3. The van der Waals surface area contributed by atoms with Crippen molar-refractivity contribution < 1.29 is 4.74 Å². The van der Waals surface area contributed by atoms with Crippen molar-refractivity contribution >= 4 is 11.8 Å². The molecule has 2 fully saturated rings. The fourth-order valence-corrected chi connectivity index (χ4v) is 2.07. The molecule has 1 aromatic heterocycles. The Hall–Kier alpha value is -1.36. The summed E-state index contributed by atoms with van der Waals surface area (Å²) in [6.07, 6.45) is 2.53. The third-order valence-corrected chi connectivity index (χ3v) is 3.28. The Morgan fingerprint density at radius 1 is 1.29 bits per heavy atom. The highest BCUT2D eigenvalue weighted by Gasteiger charge is 2.27. The molecule has 92 valence electrons. The van der Waals surface area contributed by atoms with Crippen molar-refractivity contribution in [1.29, 1.82) is 0 Å². The number of anilines is 2. The Morgan fingerprint density at radius 3 is 2.71 bits per heavy atom. The molecule has 0 bridgehead atoms. The Kier molecular flexibility index (Phi) is 2.84. The molecule has 3 rings (SSSR count). The summed E-state index contributed by atoms with van der Waals surface area (Å²) < 4.78 is 5.35. The Bertz CT molecular complexity index is 399. The summed E-state index contributed by atoms with van der Waals surface area (Å²) in [6, 6.07) is 2.07. The van der Waals surface area contributed by atoms with Gasteiger partial charge in [0.25, 0.3) is 0 Å². The lowest BCUT2D eigenvalue weighted by atomic mass is 10.3. The standard InChI is InChI=1S/C12H18N4O/c1-13-11-8-10(9-2-3-9)14-12(15-11)16-4-6-17-7-5-16/h8-9H,2-7H2,1H3,(H,13,14,15). The highest BCUT2D eigenvalue weighted by molar-refractivity contribution is 5.45. The van der Waals surface area contributed by atoms with Gasteiger partial charge in [-0.25, -0.2) is 4.98 Å². The predicted molar refractivity (Wildman–Crippen MR) is 66.6 cm³/mol. The van der Waals surface area contributed by atoms with Gasteiger partial charge in [-0.3, -0.25) is 0 Å². The van der Waals surface area contributed by atoms with Gasteiger partial charge in [0.1, 0.15) is 5.82 Å². The van der Waals surface area contributed by atoms with Gasteiger partial charge in [-0.15, -0.1) is 0 Å². The van der Waals surface area contributed by atoms with E-state index in [0.29, 0.717) is 5.92 Å². The average Bonchev–Trinajstić information content (AvgIpc) is 3.23. The predicted octanol–water partition coefficient (Wildman–Crippen LogP) is 1.23. The second-order valence-corrected chi connectivity index (χ2v) is 4.60. The van der Waals surface area contributed by atoms with Crippen molar-refractivity contribution in [2.45, 2.75) is 18.8 Å². The number of rotatable bonds is 3. The van der Waals surface area contributed by atoms with Crippen LogP contribution in [0.25, 0.3) is 0 Å². The molecule has 1 aliphatic heterocycles. The van der Waals surface area contributed by atoms with Crippen molar-refractivity contribution in [2.75, 3.05) is 43.6 Å². The lowest BCUT2D eigenvalue weighted by Gasteiger charge is -2.27. The van der Waals surface area contributed by atoms with Crippen LogP contribution in [0.15, 0.2) is 6.07 Å². The second kappa shape index (κ2) is 4.49. The summed E-state index contributed by atoms with van der Waals surface area (Å²) in [5.74, 6) is 2.43. The normalized spacial score (nSPS) is 20.4. The molecule has 0 spiro atoms. The minimum absolute atomic E-state index is 0.657. The summed E-state index contributed by atoms with van der Waals surface area (Å²) in [7, 11) is 1.90. The third-order valence-electron chi connectivity index (χ3n) is 3.28. The Morgan fingerprint density at radius 2 is 2.06 bits per heavy atom. The summed E-state index contributed by atoms with van der Waals surface area (Å²) >= 11 is 0. The molecule has 0 unspecified atom stereocenters. The highest BCUT2D eigenvalue weighted by Crippen LogP contribution is 2.40. The van der Waals surface area contributed by atoms with Crippen LogP contribution in [0.1, 0.15) is 24.5 Å². The van der Waals surface area contributed by atoms with E-state index in [0.717, 1.165) is 38.1 Å². The largest absolute Gasteiger partial charge is 0.378 e. The summed E-state index contributed by atoms with van der Waals surface area (Å²) in [6.45, 7) is 3.31. The Balaban J connectivity index is 1.88. The molecule has 1 aliphatic carbocycles. The van der Waals surface area contributed by atoms with Gasteiger partial charge in [-0.2, -0.15) is 4.98 Å². The quantitative estimate of drug-likeness (QED) is 0.852. The van der Waals surface area contributed by atoms with Crippen LogP contribution in [0.3, 0.4) is 0 Å². The minimum atomic E-state index is 0.657. The monoisotopic (exact) mass is 234 g/mol. The zero-order valence-corrected chi connectivity index (χ0v) is 10.1. The van der Waals surface area contributed by atoms with Crippen molar-refractivity contribution in [3.63, 3.8) is 0 Å². The fraction of sp³-hybridized carbons (Fsp3) is 0.667. The van der Waals surface area contributed by atoms with Gasteiger partial charge < -0.3 is 15.0 Å². The second-order valence-electron chi connectivity index (χ2n) is 4.60. The molecule has 0 radical (unpaired) electrons. The van der Waals surface area contributed by atoms with Gasteiger partial charge in [0.05, 0.1) is 18.9 Å². The molecule has 0 atom stereocenters. The van der Waals surface area contributed by atoms with Crippen molar-refractivity contribution in [1.82, 2.24) is 9.97 Å². The number of hydrogen-bond donors (Lipinski definition) is 1. The van der Waals surface area contributed by atoms with Crippen molar-refractivity contribution in [3.05, 3.63) is 11.8 Å². The van der Waals surface area contributed by atoms with Crippen LogP contribution in [0.4, 0.5) is 11.8 Å². The smallest absolute Gasteiger partial charge is 0.227 e. The lowest BCUT2D eigenvalue weighted by molar-refractivity contribution is 0.122. The minimum Gasteiger partial charge on any atom is -0.378 e. The summed E-state index contributed by atoms with van der Waals surface area (Å²) in [5, 5.41) is 3.12. The lowest BCUT2D eigenvalue weighted by Crippen LogP contribution is -2.37. The van der Waals surface area contributed by atoms with Crippen LogP contribution in [-0.4, -0.2) is 43.3 Å². The van der Waals surface area contributed by atoms with E-state index >= 15 is 0 Å². The Labute approximate surface area is 101 Å². The first-order valence-corrected chi connectivity index (χ1v) is 6.26. The van der Waals surface area contributed by atoms with Crippen LogP contribution in [0, 0.1) is 0 Å². The number of hydrogen-bond acceptors (Lipinski definition) is 5. The SMILES string of the molecule is CNc1cc(C2CC2)nc(N2CCOCC2)n1. The molecule has 1 aromatic rings. The van der Waals surface area contributed by atoms with Gasteiger partial charge in [0.2, 0.25) is 5.95 Å². The summed E-state index contributed by atoms with van der Waals surface area (Å²) in [4.78, 5) is 11.4. The number of aromatic nitrogens is 2. The van der Waals surface area contributed by atoms with Gasteiger partial charge in [0.15, 0.2) is 0 Å². The van der Waals surface area contributed by atoms with E-state index < -0.39 is 0 Å². The molecule has 0 aromatic carbocycles. The number of morpholine rings is 1. The van der Waals surface area contributed by atoms with Crippen molar-refractivity contribution in [3.8, 4) is 0 Å². The maximum absolute atomic E-state index is 5.35. The maximum atomic E-state index is 5.35. The van der Waals surface area contributed by atoms with Crippen LogP contribution < -0.4 is 10.2 Å². The first-order valence-electron chi connectivity index (χ1n) is 6.26.